The molecule has 0 aromatic rings. The first-order valence-electron chi connectivity index (χ1n) is 21.5. The largest absolute Gasteiger partial charge is 0.472 e. The predicted octanol–water partition coefficient (Wildman–Crippen LogP) is 12.5. The minimum Gasteiger partial charge on any atom is -0.457 e. The second-order valence-corrected chi connectivity index (χ2v) is 16.8. The molecule has 0 aromatic carbocycles. The number of carbonyl (C=O) groups excluding carboxylic acids is 1. The lowest BCUT2D eigenvalue weighted by Gasteiger charge is -2.24. The summed E-state index contributed by atoms with van der Waals surface area (Å²) in [6, 6.07) is 0. The van der Waals surface area contributed by atoms with Crippen LogP contribution in [0.4, 0.5) is 0 Å². The molecule has 2 atom stereocenters. The van der Waals surface area contributed by atoms with Gasteiger partial charge in [0.1, 0.15) is 19.3 Å². The van der Waals surface area contributed by atoms with Crippen molar-refractivity contribution in [3.8, 4) is 0 Å². The molecule has 0 radical (unpaired) electrons. The van der Waals surface area contributed by atoms with Crippen LogP contribution < -0.4 is 0 Å². The molecule has 0 aromatic heterocycles. The van der Waals surface area contributed by atoms with Gasteiger partial charge < -0.3 is 18.9 Å². The molecule has 54 heavy (non-hydrogen) atoms. The third kappa shape index (κ3) is 41.4. The molecule has 0 aliphatic carbocycles. The molecule has 0 heterocycles. The Bertz CT molecular complexity index is 1050. The number of unbranched alkanes of at least 4 members (excludes halogenated alkanes) is 15. The van der Waals surface area contributed by atoms with Gasteiger partial charge in [-0.05, 0) is 77.0 Å². The zero-order valence-corrected chi connectivity index (χ0v) is 36.3. The summed E-state index contributed by atoms with van der Waals surface area (Å²) in [5, 5.41) is 0. The average molecular weight is 781 g/mol. The lowest BCUT2D eigenvalue weighted by atomic mass is 10.1. The van der Waals surface area contributed by atoms with Crippen molar-refractivity contribution in [1.82, 2.24) is 0 Å². The van der Waals surface area contributed by atoms with Gasteiger partial charge in [0.2, 0.25) is 0 Å². The second kappa shape index (κ2) is 38.1. The Hall–Kier alpha value is -1.80. The summed E-state index contributed by atoms with van der Waals surface area (Å²) in [5.74, 6) is -0.358. The number of esters is 1. The monoisotopic (exact) mass is 781 g/mol. The van der Waals surface area contributed by atoms with E-state index < -0.39 is 13.9 Å². The number of ether oxygens (including phenoxy) is 2. The molecule has 0 rings (SSSR count). The zero-order chi connectivity index (χ0) is 39.9. The van der Waals surface area contributed by atoms with E-state index in [0.717, 1.165) is 51.4 Å². The van der Waals surface area contributed by atoms with E-state index in [2.05, 4.69) is 74.6 Å². The molecular weight excluding hydrogens is 697 g/mol. The number of nitrogens with zero attached hydrogens (tertiary/aromatic N) is 1. The summed E-state index contributed by atoms with van der Waals surface area (Å²) in [4.78, 5) is 22.8. The molecule has 0 fully saturated rings. The Morgan fingerprint density at radius 2 is 1.07 bits per heavy atom. The van der Waals surface area contributed by atoms with E-state index >= 15 is 0 Å². The van der Waals surface area contributed by atoms with Crippen LogP contribution in [0, 0.1) is 0 Å². The second-order valence-electron chi connectivity index (χ2n) is 15.3. The van der Waals surface area contributed by atoms with Crippen LogP contribution >= 0.6 is 7.82 Å². The molecule has 0 saturated carbocycles. The number of phosphoric acid groups is 1. The molecule has 0 bridgehead atoms. The molecule has 0 saturated heterocycles. The average Bonchev–Trinajstić information content (AvgIpc) is 3.12. The SMILES string of the molecule is CC/C=C\C/C=C\C/C=C\C/C=C\CCCCC(=O)OC(COCCCCCCCC/C=C\CCCCCCCCC)COP(=O)(O)OCC[N+](C)(C)C. The molecule has 0 amide bonds. The van der Waals surface area contributed by atoms with Gasteiger partial charge in [0, 0.05) is 13.0 Å². The summed E-state index contributed by atoms with van der Waals surface area (Å²) in [7, 11) is 1.63. The van der Waals surface area contributed by atoms with Gasteiger partial charge in [-0.1, -0.05) is 139 Å². The van der Waals surface area contributed by atoms with Crippen LogP contribution in [-0.2, 0) is 27.9 Å². The minimum atomic E-state index is -4.29. The fourth-order valence-corrected chi connectivity index (χ4v) is 6.22. The van der Waals surface area contributed by atoms with Gasteiger partial charge >= 0.3 is 13.8 Å². The van der Waals surface area contributed by atoms with E-state index in [9.17, 15) is 14.3 Å². The minimum absolute atomic E-state index is 0.0769. The Kier molecular flexibility index (Phi) is 36.8. The maximum Gasteiger partial charge on any atom is 0.472 e. The fourth-order valence-electron chi connectivity index (χ4n) is 5.48. The number of hydrogen-bond acceptors (Lipinski definition) is 6. The highest BCUT2D eigenvalue weighted by molar-refractivity contribution is 7.47. The normalized spacial score (nSPS) is 14.4. The van der Waals surface area contributed by atoms with Crippen molar-refractivity contribution >= 4 is 13.8 Å². The van der Waals surface area contributed by atoms with E-state index in [0.29, 0.717) is 24.1 Å². The van der Waals surface area contributed by atoms with Crippen molar-refractivity contribution in [2.75, 3.05) is 54.1 Å². The van der Waals surface area contributed by atoms with Gasteiger partial charge in [0.15, 0.2) is 0 Å². The summed E-state index contributed by atoms with van der Waals surface area (Å²) in [6.07, 6.45) is 46.9. The standard InChI is InChI=1S/C45H82NO7P/c1-6-8-10-12-14-16-18-20-22-23-25-27-29-31-33-35-37-40-50-42-44(43-52-54(48,49)51-41-39-46(3,4)5)53-45(47)38-36-34-32-30-28-26-24-21-19-17-15-13-11-9-7-2/h9,11,15,17,21-24,28,30,44H,6-8,10,12-14,16,18-20,25-27,29,31-43H2,1-5H3/p+1/b11-9-,17-15-,23-22-,24-21-,30-28-. The lowest BCUT2D eigenvalue weighted by molar-refractivity contribution is -0.870. The van der Waals surface area contributed by atoms with E-state index in [1.807, 2.05) is 21.1 Å². The number of allylic oxidation sites excluding steroid dienone is 10. The van der Waals surface area contributed by atoms with E-state index in [-0.39, 0.29) is 32.2 Å². The molecule has 314 valence electrons. The van der Waals surface area contributed by atoms with Gasteiger partial charge in [0.25, 0.3) is 0 Å². The van der Waals surface area contributed by atoms with Gasteiger partial charge in [0.05, 0.1) is 34.4 Å². The van der Waals surface area contributed by atoms with E-state index in [1.54, 1.807) is 0 Å². The Morgan fingerprint density at radius 3 is 1.63 bits per heavy atom. The molecule has 1 N–H and O–H groups in total. The van der Waals surface area contributed by atoms with Crippen LogP contribution in [-0.4, -0.2) is 75.6 Å². The third-order valence-electron chi connectivity index (χ3n) is 8.81. The van der Waals surface area contributed by atoms with Crippen LogP contribution in [0.5, 0.6) is 0 Å². The van der Waals surface area contributed by atoms with Crippen molar-refractivity contribution in [2.45, 2.75) is 168 Å². The zero-order valence-electron chi connectivity index (χ0n) is 35.4. The predicted molar refractivity (Wildman–Crippen MR) is 229 cm³/mol. The molecule has 0 aliphatic rings. The lowest BCUT2D eigenvalue weighted by Crippen LogP contribution is -2.37. The van der Waals surface area contributed by atoms with Crippen LogP contribution in [0.15, 0.2) is 60.8 Å². The first-order valence-corrected chi connectivity index (χ1v) is 23.0. The number of hydrogen-bond donors (Lipinski definition) is 1. The van der Waals surface area contributed by atoms with Crippen LogP contribution in [0.2, 0.25) is 0 Å². The van der Waals surface area contributed by atoms with Crippen LogP contribution in [0.3, 0.4) is 0 Å². The number of phosphoric ester groups is 1. The maximum absolute atomic E-state index is 12.7. The van der Waals surface area contributed by atoms with Gasteiger partial charge in [-0.2, -0.15) is 0 Å². The first kappa shape index (κ1) is 52.2. The molecule has 2 unspecified atom stereocenters. The number of likely N-dealkylation sites (N-methyl/N-ethyl adjacent to an activating group) is 1. The van der Waals surface area contributed by atoms with Crippen molar-refractivity contribution in [1.29, 1.82) is 0 Å². The topological polar surface area (TPSA) is 91.3 Å². The Balaban J connectivity index is 4.33. The number of rotatable bonds is 39. The molecular formula is C45H83NO7P+. The number of carbonyl (C=O) groups is 1. The van der Waals surface area contributed by atoms with Crippen molar-refractivity contribution < 1.29 is 37.3 Å². The summed E-state index contributed by atoms with van der Waals surface area (Å²) >= 11 is 0. The Labute approximate surface area is 332 Å². The summed E-state index contributed by atoms with van der Waals surface area (Å²) in [6.45, 7) is 5.42. The molecule has 8 nitrogen and oxygen atoms in total. The van der Waals surface area contributed by atoms with E-state index in [4.69, 9.17) is 18.5 Å². The van der Waals surface area contributed by atoms with Crippen LogP contribution in [0.25, 0.3) is 0 Å². The molecule has 9 heteroatoms. The highest BCUT2D eigenvalue weighted by Gasteiger charge is 2.26. The van der Waals surface area contributed by atoms with Gasteiger partial charge in [-0.15, -0.1) is 0 Å². The quantitative estimate of drug-likeness (QED) is 0.0218. The summed E-state index contributed by atoms with van der Waals surface area (Å²) < 4.78 is 34.9. The van der Waals surface area contributed by atoms with Crippen molar-refractivity contribution in [3.63, 3.8) is 0 Å². The van der Waals surface area contributed by atoms with Crippen LogP contribution in [0.1, 0.15) is 162 Å². The van der Waals surface area contributed by atoms with E-state index in [1.165, 1.54) is 83.5 Å². The van der Waals surface area contributed by atoms with Crippen molar-refractivity contribution in [2.24, 2.45) is 0 Å². The Morgan fingerprint density at radius 1 is 0.593 bits per heavy atom. The van der Waals surface area contributed by atoms with Crippen molar-refractivity contribution in [3.05, 3.63) is 60.8 Å². The van der Waals surface area contributed by atoms with Gasteiger partial charge in [-0.3, -0.25) is 13.8 Å². The highest BCUT2D eigenvalue weighted by atomic mass is 31.2. The smallest absolute Gasteiger partial charge is 0.457 e. The maximum atomic E-state index is 12.7. The van der Waals surface area contributed by atoms with Gasteiger partial charge in [-0.25, -0.2) is 4.57 Å². The highest BCUT2D eigenvalue weighted by Crippen LogP contribution is 2.43. The number of quaternary nitrogens is 1. The first-order chi connectivity index (χ1) is 26.1. The third-order valence-corrected chi connectivity index (χ3v) is 9.80. The molecule has 0 aliphatic heterocycles. The summed E-state index contributed by atoms with van der Waals surface area (Å²) in [5.41, 5.74) is 0. The fraction of sp³-hybridized carbons (Fsp3) is 0.756. The molecule has 0 spiro atoms.